The molecule has 1 aromatic heterocycles. The van der Waals surface area contributed by atoms with Gasteiger partial charge in [0.25, 0.3) is 0 Å². The molecule has 0 aromatic carbocycles. The standard InChI is InChI=1S/C13H21N3O2S/c1-9-4-3-5-16(11(9)7-17)6-12(18)15-13-14-10(2)8-19-13/h8-9,11,17H,3-7H2,1-2H3,(H,14,15,18). The molecule has 1 aliphatic heterocycles. The van der Waals surface area contributed by atoms with Crippen molar-refractivity contribution in [3.8, 4) is 0 Å². The second-order valence-electron chi connectivity index (χ2n) is 5.18. The summed E-state index contributed by atoms with van der Waals surface area (Å²) < 4.78 is 0. The van der Waals surface area contributed by atoms with Gasteiger partial charge in [-0.15, -0.1) is 11.3 Å². The van der Waals surface area contributed by atoms with Crippen LogP contribution in [0.25, 0.3) is 0 Å². The van der Waals surface area contributed by atoms with Gasteiger partial charge in [-0.25, -0.2) is 4.98 Å². The number of nitrogens with zero attached hydrogens (tertiary/aromatic N) is 2. The van der Waals surface area contributed by atoms with Crippen molar-refractivity contribution in [2.24, 2.45) is 5.92 Å². The summed E-state index contributed by atoms with van der Waals surface area (Å²) >= 11 is 1.44. The third kappa shape index (κ3) is 3.75. The Bertz CT molecular complexity index is 435. The average Bonchev–Trinajstić information content (AvgIpc) is 2.75. The van der Waals surface area contributed by atoms with E-state index >= 15 is 0 Å². The first-order valence-corrected chi connectivity index (χ1v) is 7.55. The molecule has 0 bridgehead atoms. The highest BCUT2D eigenvalue weighted by Gasteiger charge is 2.29. The molecule has 5 nitrogen and oxygen atoms in total. The fourth-order valence-electron chi connectivity index (χ4n) is 2.58. The van der Waals surface area contributed by atoms with Crippen LogP contribution in [-0.4, -0.2) is 46.6 Å². The quantitative estimate of drug-likeness (QED) is 0.878. The van der Waals surface area contributed by atoms with Crippen LogP contribution in [0, 0.1) is 12.8 Å². The first-order valence-electron chi connectivity index (χ1n) is 6.67. The van der Waals surface area contributed by atoms with Crippen LogP contribution in [0.2, 0.25) is 0 Å². The molecule has 19 heavy (non-hydrogen) atoms. The Hall–Kier alpha value is -0.980. The maximum absolute atomic E-state index is 12.0. The molecule has 1 saturated heterocycles. The lowest BCUT2D eigenvalue weighted by atomic mass is 9.91. The second-order valence-corrected chi connectivity index (χ2v) is 6.04. The predicted octanol–water partition coefficient (Wildman–Crippen LogP) is 1.48. The molecular weight excluding hydrogens is 262 g/mol. The van der Waals surface area contributed by atoms with Gasteiger partial charge in [0.1, 0.15) is 0 Å². The first-order chi connectivity index (χ1) is 9.10. The Balaban J connectivity index is 1.90. The van der Waals surface area contributed by atoms with Gasteiger partial charge in [0.2, 0.25) is 5.91 Å². The number of piperidine rings is 1. The lowest BCUT2D eigenvalue weighted by molar-refractivity contribution is -0.118. The van der Waals surface area contributed by atoms with E-state index in [-0.39, 0.29) is 18.6 Å². The van der Waals surface area contributed by atoms with Gasteiger partial charge in [0, 0.05) is 11.4 Å². The van der Waals surface area contributed by atoms with Crippen molar-refractivity contribution in [3.63, 3.8) is 0 Å². The molecule has 1 aromatic rings. The summed E-state index contributed by atoms with van der Waals surface area (Å²) in [6.45, 7) is 5.36. The Labute approximate surface area is 117 Å². The third-order valence-corrected chi connectivity index (χ3v) is 4.51. The number of anilines is 1. The van der Waals surface area contributed by atoms with E-state index in [9.17, 15) is 9.90 Å². The van der Waals surface area contributed by atoms with Gasteiger partial charge >= 0.3 is 0 Å². The van der Waals surface area contributed by atoms with Crippen molar-refractivity contribution in [1.29, 1.82) is 0 Å². The fourth-order valence-corrected chi connectivity index (χ4v) is 3.29. The van der Waals surface area contributed by atoms with E-state index < -0.39 is 0 Å². The van der Waals surface area contributed by atoms with Gasteiger partial charge in [-0.1, -0.05) is 6.92 Å². The highest BCUT2D eigenvalue weighted by atomic mass is 32.1. The van der Waals surface area contributed by atoms with E-state index in [0.717, 1.165) is 25.1 Å². The number of aliphatic hydroxyl groups excluding tert-OH is 1. The zero-order valence-corrected chi connectivity index (χ0v) is 12.2. The smallest absolute Gasteiger partial charge is 0.240 e. The summed E-state index contributed by atoms with van der Waals surface area (Å²) in [7, 11) is 0. The van der Waals surface area contributed by atoms with Gasteiger partial charge < -0.3 is 10.4 Å². The van der Waals surface area contributed by atoms with Gasteiger partial charge in [0.05, 0.1) is 18.8 Å². The number of aliphatic hydroxyl groups is 1. The molecule has 1 aliphatic rings. The summed E-state index contributed by atoms with van der Waals surface area (Å²) in [5, 5.41) is 14.8. The van der Waals surface area contributed by atoms with Crippen LogP contribution >= 0.6 is 11.3 Å². The van der Waals surface area contributed by atoms with Gasteiger partial charge in [-0.3, -0.25) is 9.69 Å². The molecule has 2 heterocycles. The highest BCUT2D eigenvalue weighted by molar-refractivity contribution is 7.13. The van der Waals surface area contributed by atoms with Crippen LogP contribution in [-0.2, 0) is 4.79 Å². The number of amides is 1. The van der Waals surface area contributed by atoms with Gasteiger partial charge in [0.15, 0.2) is 5.13 Å². The minimum absolute atomic E-state index is 0.0538. The van der Waals surface area contributed by atoms with Crippen LogP contribution in [0.5, 0.6) is 0 Å². The number of rotatable bonds is 4. The second kappa shape index (κ2) is 6.45. The van der Waals surface area contributed by atoms with Gasteiger partial charge in [-0.05, 0) is 32.2 Å². The predicted molar refractivity (Wildman–Crippen MR) is 76.3 cm³/mol. The molecule has 0 aliphatic carbocycles. The molecule has 2 rings (SSSR count). The third-order valence-electron chi connectivity index (χ3n) is 3.63. The summed E-state index contributed by atoms with van der Waals surface area (Å²) in [5.74, 6) is 0.385. The van der Waals surface area contributed by atoms with Crippen LogP contribution in [0.4, 0.5) is 5.13 Å². The van der Waals surface area contributed by atoms with E-state index in [0.29, 0.717) is 17.6 Å². The Morgan fingerprint density at radius 1 is 1.68 bits per heavy atom. The van der Waals surface area contributed by atoms with Crippen LogP contribution in [0.3, 0.4) is 0 Å². The van der Waals surface area contributed by atoms with E-state index in [1.165, 1.54) is 11.3 Å². The Morgan fingerprint density at radius 3 is 3.11 bits per heavy atom. The molecule has 2 atom stereocenters. The molecule has 0 radical (unpaired) electrons. The van der Waals surface area contributed by atoms with Crippen molar-refractivity contribution in [2.75, 3.05) is 25.0 Å². The average molecular weight is 283 g/mol. The number of likely N-dealkylation sites (tertiary alicyclic amines) is 1. The molecule has 106 valence electrons. The zero-order valence-electron chi connectivity index (χ0n) is 11.4. The van der Waals surface area contributed by atoms with E-state index in [1.54, 1.807) is 0 Å². The molecule has 0 saturated carbocycles. The monoisotopic (exact) mass is 283 g/mol. The lowest BCUT2D eigenvalue weighted by Crippen LogP contribution is -2.49. The van der Waals surface area contributed by atoms with Crippen molar-refractivity contribution in [1.82, 2.24) is 9.88 Å². The van der Waals surface area contributed by atoms with E-state index in [4.69, 9.17) is 0 Å². The largest absolute Gasteiger partial charge is 0.395 e. The molecule has 2 unspecified atom stereocenters. The number of carbonyl (C=O) groups excluding carboxylic acids is 1. The molecule has 1 fully saturated rings. The van der Waals surface area contributed by atoms with Crippen LogP contribution < -0.4 is 5.32 Å². The number of aryl methyl sites for hydroxylation is 1. The SMILES string of the molecule is Cc1csc(NC(=O)CN2CCCC(C)C2CO)n1. The Morgan fingerprint density at radius 2 is 2.47 bits per heavy atom. The lowest BCUT2D eigenvalue weighted by Gasteiger charge is -2.38. The first kappa shape index (κ1) is 14.4. The van der Waals surface area contributed by atoms with Crippen molar-refractivity contribution in [2.45, 2.75) is 32.7 Å². The Kier molecular flexibility index (Phi) is 4.90. The number of nitrogens with one attached hydrogen (secondary N) is 1. The maximum Gasteiger partial charge on any atom is 0.240 e. The van der Waals surface area contributed by atoms with Crippen molar-refractivity contribution < 1.29 is 9.90 Å². The van der Waals surface area contributed by atoms with E-state index in [2.05, 4.69) is 22.1 Å². The topological polar surface area (TPSA) is 65.5 Å². The number of hydrogen-bond donors (Lipinski definition) is 2. The van der Waals surface area contributed by atoms with E-state index in [1.807, 2.05) is 12.3 Å². The van der Waals surface area contributed by atoms with Crippen molar-refractivity contribution >= 4 is 22.4 Å². The molecule has 2 N–H and O–H groups in total. The summed E-state index contributed by atoms with van der Waals surface area (Å²) in [6.07, 6.45) is 2.20. The normalized spacial score (nSPS) is 24.4. The number of thiazole rings is 1. The van der Waals surface area contributed by atoms with Crippen molar-refractivity contribution in [3.05, 3.63) is 11.1 Å². The zero-order chi connectivity index (χ0) is 13.8. The molecule has 0 spiro atoms. The molecule has 6 heteroatoms. The number of hydrogen-bond acceptors (Lipinski definition) is 5. The summed E-state index contributed by atoms with van der Waals surface area (Å²) in [5.41, 5.74) is 0.917. The summed E-state index contributed by atoms with van der Waals surface area (Å²) in [6, 6.07) is 0.0949. The highest BCUT2D eigenvalue weighted by Crippen LogP contribution is 2.23. The molecular formula is C13H21N3O2S. The minimum Gasteiger partial charge on any atom is -0.395 e. The van der Waals surface area contributed by atoms with Crippen LogP contribution in [0.15, 0.2) is 5.38 Å². The minimum atomic E-state index is -0.0538. The van der Waals surface area contributed by atoms with Gasteiger partial charge in [-0.2, -0.15) is 0 Å². The van der Waals surface area contributed by atoms with Crippen LogP contribution in [0.1, 0.15) is 25.5 Å². The fraction of sp³-hybridized carbons (Fsp3) is 0.692. The number of carbonyl (C=O) groups is 1. The summed E-state index contributed by atoms with van der Waals surface area (Å²) in [4.78, 5) is 18.3. The maximum atomic E-state index is 12.0. The number of aromatic nitrogens is 1. The molecule has 1 amide bonds.